The summed E-state index contributed by atoms with van der Waals surface area (Å²) in [6, 6.07) is 11.6. The number of hydrogen-bond acceptors (Lipinski definition) is 5. The average molecular weight is 292 g/mol. The molecule has 1 aromatic carbocycles. The normalized spacial score (nSPS) is 10.5. The number of carbonyl (C=O) groups excluding carboxylic acids is 1. The van der Waals surface area contributed by atoms with E-state index in [0.29, 0.717) is 22.5 Å². The number of aromatic nitrogens is 3. The number of nitrogens with two attached hydrogens (primary N) is 2. The second kappa shape index (κ2) is 4.86. The summed E-state index contributed by atoms with van der Waals surface area (Å²) in [6.07, 6.45) is 0. The van der Waals surface area contributed by atoms with Crippen LogP contribution in [0.5, 0.6) is 0 Å². The maximum atomic E-state index is 11.4. The molecular weight excluding hydrogens is 280 g/mol. The second-order valence-corrected chi connectivity index (χ2v) is 4.77. The molecule has 0 saturated heterocycles. The maximum Gasteiger partial charge on any atom is 0.273 e. The zero-order chi connectivity index (χ0) is 15.9. The quantitative estimate of drug-likeness (QED) is 0.735. The largest absolute Gasteiger partial charge is 0.383 e. The first kappa shape index (κ1) is 13.6. The minimum absolute atomic E-state index is 0.0775. The van der Waals surface area contributed by atoms with E-state index in [9.17, 15) is 10.1 Å². The van der Waals surface area contributed by atoms with E-state index in [1.807, 2.05) is 30.3 Å². The third kappa shape index (κ3) is 1.78. The fourth-order valence-electron chi connectivity index (χ4n) is 2.56. The number of amides is 1. The first-order valence-corrected chi connectivity index (χ1v) is 6.48. The molecule has 0 spiro atoms. The number of benzene rings is 1. The van der Waals surface area contributed by atoms with Crippen molar-refractivity contribution < 1.29 is 4.79 Å². The van der Waals surface area contributed by atoms with Crippen LogP contribution in [-0.4, -0.2) is 20.5 Å². The van der Waals surface area contributed by atoms with Gasteiger partial charge in [-0.1, -0.05) is 30.3 Å². The monoisotopic (exact) mass is 292 g/mol. The van der Waals surface area contributed by atoms with Crippen LogP contribution in [0.4, 0.5) is 5.82 Å². The van der Waals surface area contributed by atoms with Crippen molar-refractivity contribution in [3.8, 4) is 17.2 Å². The molecule has 0 atom stereocenters. The van der Waals surface area contributed by atoms with Crippen molar-refractivity contribution in [2.45, 2.75) is 6.92 Å². The van der Waals surface area contributed by atoms with E-state index in [1.165, 1.54) is 4.40 Å². The van der Waals surface area contributed by atoms with Crippen molar-refractivity contribution >= 4 is 17.4 Å². The van der Waals surface area contributed by atoms with Crippen molar-refractivity contribution in [3.05, 3.63) is 47.3 Å². The number of nitrogens with zero attached hydrogens (tertiary/aromatic N) is 4. The summed E-state index contributed by atoms with van der Waals surface area (Å²) in [7, 11) is 0. The van der Waals surface area contributed by atoms with Crippen LogP contribution in [0.3, 0.4) is 0 Å². The summed E-state index contributed by atoms with van der Waals surface area (Å²) in [5.41, 5.74) is 14.1. The first-order chi connectivity index (χ1) is 10.6. The van der Waals surface area contributed by atoms with E-state index >= 15 is 0 Å². The van der Waals surface area contributed by atoms with Gasteiger partial charge in [0.1, 0.15) is 17.5 Å². The van der Waals surface area contributed by atoms with Crippen molar-refractivity contribution in [2.24, 2.45) is 5.73 Å². The molecule has 4 N–H and O–H groups in total. The van der Waals surface area contributed by atoms with Crippen molar-refractivity contribution in [1.82, 2.24) is 14.6 Å². The van der Waals surface area contributed by atoms with Gasteiger partial charge in [0, 0.05) is 11.3 Å². The molecule has 2 aromatic heterocycles. The van der Waals surface area contributed by atoms with Crippen LogP contribution >= 0.6 is 0 Å². The molecule has 7 nitrogen and oxygen atoms in total. The number of fused-ring (bicyclic) bond motifs is 1. The van der Waals surface area contributed by atoms with Crippen LogP contribution in [0.2, 0.25) is 0 Å². The van der Waals surface area contributed by atoms with E-state index in [-0.39, 0.29) is 11.5 Å². The lowest BCUT2D eigenvalue weighted by atomic mass is 10.0. The van der Waals surface area contributed by atoms with E-state index in [4.69, 9.17) is 11.5 Å². The van der Waals surface area contributed by atoms with Crippen molar-refractivity contribution in [1.29, 1.82) is 5.26 Å². The predicted molar refractivity (Wildman–Crippen MR) is 80.8 cm³/mol. The van der Waals surface area contributed by atoms with Crippen molar-refractivity contribution in [3.63, 3.8) is 0 Å². The zero-order valence-electron chi connectivity index (χ0n) is 11.7. The standard InChI is InChI=1S/C15H12N6O/c1-8-11(9-5-3-2-4-6-9)10(7-16)15-20-19-12(14(18)22)13(17)21(8)15/h2-6H,17H2,1H3,(H2,18,22). The number of primary amides is 1. The van der Waals surface area contributed by atoms with Crippen LogP contribution in [-0.2, 0) is 0 Å². The Morgan fingerprint density at radius 1 is 1.27 bits per heavy atom. The lowest BCUT2D eigenvalue weighted by Crippen LogP contribution is -2.19. The lowest BCUT2D eigenvalue weighted by Gasteiger charge is -2.05. The van der Waals surface area contributed by atoms with Gasteiger partial charge in [-0.15, -0.1) is 10.2 Å². The molecule has 0 aliphatic rings. The minimum Gasteiger partial charge on any atom is -0.383 e. The highest BCUT2D eigenvalue weighted by atomic mass is 16.1. The van der Waals surface area contributed by atoms with Crippen LogP contribution < -0.4 is 11.5 Å². The van der Waals surface area contributed by atoms with Gasteiger partial charge in [0.15, 0.2) is 11.3 Å². The zero-order valence-corrected chi connectivity index (χ0v) is 11.7. The van der Waals surface area contributed by atoms with E-state index in [1.54, 1.807) is 6.92 Å². The summed E-state index contributed by atoms with van der Waals surface area (Å²) in [5.74, 6) is -0.687. The second-order valence-electron chi connectivity index (χ2n) is 4.77. The number of aryl methyl sites for hydroxylation is 1. The summed E-state index contributed by atoms with van der Waals surface area (Å²) in [5, 5.41) is 17.2. The Kier molecular flexibility index (Phi) is 3.00. The number of nitriles is 1. The number of rotatable bonds is 2. The molecule has 0 saturated carbocycles. The SMILES string of the molecule is Cc1c(-c2ccccc2)c(C#N)c2nnc(C(N)=O)c(N)n12. The van der Waals surface area contributed by atoms with Gasteiger partial charge >= 0.3 is 0 Å². The van der Waals surface area contributed by atoms with Gasteiger partial charge < -0.3 is 11.5 Å². The highest BCUT2D eigenvalue weighted by Crippen LogP contribution is 2.32. The number of hydrogen-bond donors (Lipinski definition) is 2. The molecule has 0 bridgehead atoms. The molecule has 1 amide bonds. The Bertz CT molecular complexity index is 936. The third-order valence-corrected chi connectivity index (χ3v) is 3.52. The molecule has 0 aliphatic carbocycles. The van der Waals surface area contributed by atoms with Gasteiger partial charge in [0.25, 0.3) is 5.91 Å². The summed E-state index contributed by atoms with van der Waals surface area (Å²) in [6.45, 7) is 1.80. The van der Waals surface area contributed by atoms with Crippen LogP contribution in [0.1, 0.15) is 21.7 Å². The van der Waals surface area contributed by atoms with Crippen LogP contribution in [0, 0.1) is 18.3 Å². The van der Waals surface area contributed by atoms with Crippen LogP contribution in [0.25, 0.3) is 16.8 Å². The molecule has 0 unspecified atom stereocenters. The molecule has 22 heavy (non-hydrogen) atoms. The fraction of sp³-hybridized carbons (Fsp3) is 0.0667. The van der Waals surface area contributed by atoms with Gasteiger partial charge in [-0.25, -0.2) is 0 Å². The molecule has 7 heteroatoms. The van der Waals surface area contributed by atoms with Gasteiger partial charge in [0.05, 0.1) is 0 Å². The molecule has 0 radical (unpaired) electrons. The average Bonchev–Trinajstić information content (AvgIpc) is 2.81. The minimum atomic E-state index is -0.764. The predicted octanol–water partition coefficient (Wildman–Crippen LogP) is 1.26. The molecule has 2 heterocycles. The number of anilines is 1. The Morgan fingerprint density at radius 2 is 1.95 bits per heavy atom. The summed E-state index contributed by atoms with van der Waals surface area (Å²) < 4.78 is 1.54. The molecular formula is C15H12N6O. The topological polar surface area (TPSA) is 123 Å². The number of carbonyl (C=O) groups is 1. The lowest BCUT2D eigenvalue weighted by molar-refractivity contribution is 0.0995. The van der Waals surface area contributed by atoms with E-state index in [0.717, 1.165) is 5.56 Å². The van der Waals surface area contributed by atoms with Gasteiger partial charge in [0.2, 0.25) is 0 Å². The Labute approximate surface area is 125 Å². The third-order valence-electron chi connectivity index (χ3n) is 3.52. The Balaban J connectivity index is 2.46. The molecule has 0 aliphatic heterocycles. The van der Waals surface area contributed by atoms with Crippen molar-refractivity contribution in [2.75, 3.05) is 5.73 Å². The van der Waals surface area contributed by atoms with Gasteiger partial charge in [-0.2, -0.15) is 5.26 Å². The van der Waals surface area contributed by atoms with E-state index < -0.39 is 5.91 Å². The molecule has 108 valence electrons. The summed E-state index contributed by atoms with van der Waals surface area (Å²) in [4.78, 5) is 11.4. The molecule has 3 rings (SSSR count). The Morgan fingerprint density at radius 3 is 2.55 bits per heavy atom. The highest BCUT2D eigenvalue weighted by molar-refractivity contribution is 5.96. The van der Waals surface area contributed by atoms with Gasteiger partial charge in [-0.3, -0.25) is 9.20 Å². The highest BCUT2D eigenvalue weighted by Gasteiger charge is 2.22. The molecule has 0 fully saturated rings. The van der Waals surface area contributed by atoms with Gasteiger partial charge in [-0.05, 0) is 12.5 Å². The smallest absolute Gasteiger partial charge is 0.273 e. The first-order valence-electron chi connectivity index (χ1n) is 6.48. The number of nitrogen functional groups attached to an aromatic ring is 1. The Hall–Kier alpha value is -3.40. The van der Waals surface area contributed by atoms with E-state index in [2.05, 4.69) is 16.3 Å². The maximum absolute atomic E-state index is 11.4. The molecule has 3 aromatic rings. The van der Waals surface area contributed by atoms with Crippen LogP contribution in [0.15, 0.2) is 30.3 Å². The fourth-order valence-corrected chi connectivity index (χ4v) is 2.56. The summed E-state index contributed by atoms with van der Waals surface area (Å²) >= 11 is 0.